The summed E-state index contributed by atoms with van der Waals surface area (Å²) in [7, 11) is 0. The summed E-state index contributed by atoms with van der Waals surface area (Å²) in [5.74, 6) is 0.699. The molecule has 4 heterocycles. The van der Waals surface area contributed by atoms with Crippen molar-refractivity contribution in [3.8, 4) is 17.2 Å². The molecule has 5 heteroatoms. The smallest absolute Gasteiger partial charge is 0.235 e. The second kappa shape index (κ2) is 9.46. The fourth-order valence-electron chi connectivity index (χ4n) is 7.55. The number of thiophene rings is 2. The molecule has 0 atom stereocenters. The first-order valence-corrected chi connectivity index (χ1v) is 17.4. The first-order valence-electron chi connectivity index (χ1n) is 15.8. The lowest BCUT2D eigenvalue weighted by Crippen LogP contribution is -2.03. The van der Waals surface area contributed by atoms with Gasteiger partial charge in [-0.2, -0.15) is 0 Å². The van der Waals surface area contributed by atoms with E-state index in [1.807, 2.05) is 11.3 Å². The zero-order valence-corrected chi connectivity index (χ0v) is 26.6. The predicted molar refractivity (Wildman–Crippen MR) is 203 cm³/mol. The highest BCUT2D eigenvalue weighted by molar-refractivity contribution is 7.27. The van der Waals surface area contributed by atoms with Crippen LogP contribution < -0.4 is 0 Å². The molecule has 0 fully saturated rings. The van der Waals surface area contributed by atoms with Gasteiger partial charge in [0.1, 0.15) is 0 Å². The number of nitrogens with zero attached hydrogens (tertiary/aromatic N) is 3. The van der Waals surface area contributed by atoms with Crippen molar-refractivity contribution >= 4 is 106 Å². The highest BCUT2D eigenvalue weighted by atomic mass is 32.1. The number of hydrogen-bond donors (Lipinski definition) is 0. The van der Waals surface area contributed by atoms with E-state index in [2.05, 4.69) is 144 Å². The van der Waals surface area contributed by atoms with Crippen LogP contribution in [0.3, 0.4) is 0 Å². The molecule has 0 N–H and O–H groups in total. The molecule has 4 aromatic heterocycles. The number of rotatable bonds is 2. The largest absolute Gasteiger partial charge is 0.276 e. The van der Waals surface area contributed by atoms with Crippen LogP contribution in [0.25, 0.3) is 101 Å². The maximum atomic E-state index is 5.52. The first kappa shape index (κ1) is 25.6. The highest BCUT2D eigenvalue weighted by Gasteiger charge is 2.24. The highest BCUT2D eigenvalue weighted by Crippen LogP contribution is 2.48. The van der Waals surface area contributed by atoms with Crippen LogP contribution in [-0.4, -0.2) is 14.5 Å². The van der Waals surface area contributed by atoms with Crippen LogP contribution in [0.1, 0.15) is 0 Å². The van der Waals surface area contributed by atoms with E-state index < -0.39 is 0 Å². The van der Waals surface area contributed by atoms with Gasteiger partial charge in [0, 0.05) is 41.9 Å². The number of para-hydroxylation sites is 1. The van der Waals surface area contributed by atoms with Gasteiger partial charge in [-0.1, -0.05) is 115 Å². The second-order valence-corrected chi connectivity index (χ2v) is 14.2. The summed E-state index contributed by atoms with van der Waals surface area (Å²) < 4.78 is 7.22. The van der Waals surface area contributed by atoms with Crippen LogP contribution in [-0.2, 0) is 0 Å². The number of aromatic nitrogens is 3. The van der Waals surface area contributed by atoms with Crippen molar-refractivity contribution in [3.63, 3.8) is 0 Å². The summed E-state index contributed by atoms with van der Waals surface area (Å²) in [4.78, 5) is 11.0. The Kier molecular flexibility index (Phi) is 5.14. The standard InChI is InChI=1S/C42H23N3S2/c1-2-12-25-23-26(22-21-24(25)11-1)37-41-38(31-17-7-10-20-34(31)47-41)44-42(43-37)45-32-18-8-5-15-29(32)35-27-13-3-4-14-28(27)36-30-16-6-9-19-33(30)46-40(36)39(35)45/h1-23H. The molecule has 3 nitrogen and oxygen atoms in total. The van der Waals surface area contributed by atoms with E-state index in [1.54, 1.807) is 11.3 Å². The topological polar surface area (TPSA) is 30.7 Å². The number of fused-ring (bicyclic) bond motifs is 14. The molecular weight excluding hydrogens is 611 g/mol. The summed E-state index contributed by atoms with van der Waals surface area (Å²) in [6.07, 6.45) is 0. The van der Waals surface area contributed by atoms with Gasteiger partial charge in [-0.15, -0.1) is 22.7 Å². The van der Waals surface area contributed by atoms with Gasteiger partial charge in [-0.3, -0.25) is 4.57 Å². The van der Waals surface area contributed by atoms with Crippen LogP contribution in [0.2, 0.25) is 0 Å². The maximum absolute atomic E-state index is 5.52. The van der Waals surface area contributed by atoms with Gasteiger partial charge < -0.3 is 0 Å². The second-order valence-electron chi connectivity index (χ2n) is 12.1. The average Bonchev–Trinajstić information content (AvgIpc) is 3.81. The summed E-state index contributed by atoms with van der Waals surface area (Å²) >= 11 is 3.64. The van der Waals surface area contributed by atoms with Crippen LogP contribution in [0, 0.1) is 0 Å². The van der Waals surface area contributed by atoms with E-state index in [9.17, 15) is 0 Å². The third kappa shape index (κ3) is 3.50. The van der Waals surface area contributed by atoms with Crippen molar-refractivity contribution in [3.05, 3.63) is 140 Å². The van der Waals surface area contributed by atoms with Gasteiger partial charge in [0.05, 0.1) is 31.6 Å². The number of hydrogen-bond acceptors (Lipinski definition) is 4. The van der Waals surface area contributed by atoms with E-state index >= 15 is 0 Å². The van der Waals surface area contributed by atoms with Crippen molar-refractivity contribution in [2.24, 2.45) is 0 Å². The van der Waals surface area contributed by atoms with E-state index in [0.29, 0.717) is 5.95 Å². The summed E-state index contributed by atoms with van der Waals surface area (Å²) in [5.41, 5.74) is 5.35. The van der Waals surface area contributed by atoms with E-state index in [1.165, 1.54) is 62.7 Å². The molecule has 0 spiro atoms. The molecular formula is C42H23N3S2. The molecule has 11 rings (SSSR count). The lowest BCUT2D eigenvalue weighted by atomic mass is 9.99. The average molecular weight is 634 g/mol. The van der Waals surface area contributed by atoms with E-state index in [0.717, 1.165) is 32.4 Å². The molecule has 0 saturated heterocycles. The Balaban J connectivity index is 1.36. The van der Waals surface area contributed by atoms with E-state index in [-0.39, 0.29) is 0 Å². The lowest BCUT2D eigenvalue weighted by Gasteiger charge is -2.12. The summed E-state index contributed by atoms with van der Waals surface area (Å²) in [6, 6.07) is 50.3. The molecule has 0 aliphatic carbocycles. The third-order valence-electron chi connectivity index (χ3n) is 9.58. The fourth-order valence-corrected chi connectivity index (χ4v) is 9.96. The Morgan fingerprint density at radius 3 is 1.91 bits per heavy atom. The van der Waals surface area contributed by atoms with Crippen LogP contribution >= 0.6 is 22.7 Å². The molecule has 11 aromatic rings. The predicted octanol–water partition coefficient (Wildman–Crippen LogP) is 12.3. The van der Waals surface area contributed by atoms with Gasteiger partial charge in [0.2, 0.25) is 5.95 Å². The Morgan fingerprint density at radius 1 is 0.468 bits per heavy atom. The molecule has 0 saturated carbocycles. The molecule has 0 bridgehead atoms. The van der Waals surface area contributed by atoms with Gasteiger partial charge in [0.15, 0.2) is 0 Å². The Hall–Kier alpha value is -5.62. The lowest BCUT2D eigenvalue weighted by molar-refractivity contribution is 1.02. The molecule has 0 amide bonds. The summed E-state index contributed by atoms with van der Waals surface area (Å²) in [5, 5.41) is 11.2. The monoisotopic (exact) mass is 633 g/mol. The minimum atomic E-state index is 0.699. The number of benzene rings is 7. The van der Waals surface area contributed by atoms with Crippen molar-refractivity contribution < 1.29 is 0 Å². The minimum absolute atomic E-state index is 0.699. The molecule has 0 unspecified atom stereocenters. The molecule has 218 valence electrons. The Morgan fingerprint density at radius 2 is 1.09 bits per heavy atom. The summed E-state index contributed by atoms with van der Waals surface area (Å²) in [6.45, 7) is 0. The third-order valence-corrected chi connectivity index (χ3v) is 11.9. The first-order chi connectivity index (χ1) is 23.3. The minimum Gasteiger partial charge on any atom is -0.276 e. The molecule has 0 aliphatic rings. The quantitative estimate of drug-likeness (QED) is 0.190. The van der Waals surface area contributed by atoms with Crippen LogP contribution in [0.4, 0.5) is 0 Å². The Bertz CT molecular complexity index is 3090. The van der Waals surface area contributed by atoms with Gasteiger partial charge in [-0.25, -0.2) is 9.97 Å². The van der Waals surface area contributed by atoms with Gasteiger partial charge in [-0.05, 0) is 45.8 Å². The zero-order valence-electron chi connectivity index (χ0n) is 24.9. The van der Waals surface area contributed by atoms with Crippen molar-refractivity contribution in [1.29, 1.82) is 0 Å². The van der Waals surface area contributed by atoms with Crippen LogP contribution in [0.15, 0.2) is 140 Å². The van der Waals surface area contributed by atoms with Crippen molar-refractivity contribution in [1.82, 2.24) is 14.5 Å². The normalized spacial score (nSPS) is 12.3. The molecule has 0 aliphatic heterocycles. The molecule has 7 aromatic carbocycles. The SMILES string of the molecule is c1ccc2cc(-c3nc(-n4c5ccccc5c5c6ccccc6c6c7ccccc7sc6c54)nc4c3sc3ccccc34)ccc2c1. The van der Waals surface area contributed by atoms with Crippen LogP contribution in [0.5, 0.6) is 0 Å². The maximum Gasteiger partial charge on any atom is 0.235 e. The van der Waals surface area contributed by atoms with E-state index in [4.69, 9.17) is 9.97 Å². The van der Waals surface area contributed by atoms with Crippen molar-refractivity contribution in [2.45, 2.75) is 0 Å². The Labute approximate surface area is 276 Å². The van der Waals surface area contributed by atoms with Crippen molar-refractivity contribution in [2.75, 3.05) is 0 Å². The molecule has 0 radical (unpaired) electrons. The fraction of sp³-hybridized carbons (Fsp3) is 0. The van der Waals surface area contributed by atoms with Gasteiger partial charge in [0.25, 0.3) is 0 Å². The molecule has 47 heavy (non-hydrogen) atoms. The zero-order chi connectivity index (χ0) is 30.6. The van der Waals surface area contributed by atoms with Gasteiger partial charge >= 0.3 is 0 Å².